The van der Waals surface area contributed by atoms with Crippen molar-refractivity contribution in [3.8, 4) is 0 Å². The zero-order valence-electron chi connectivity index (χ0n) is 14.5. The Balaban J connectivity index is 1.36. The smallest absolute Gasteiger partial charge is 0.289 e. The molecule has 1 aromatic carbocycles. The summed E-state index contributed by atoms with van der Waals surface area (Å²) >= 11 is 0. The zero-order valence-corrected chi connectivity index (χ0v) is 14.5. The van der Waals surface area contributed by atoms with Crippen molar-refractivity contribution in [1.82, 2.24) is 14.8 Å². The SMILES string of the molecule is Cc1nc2cc(CC(=O)N3CCN(C(=O)c4ccco4)CC3)ccc2o1. The number of benzene rings is 1. The van der Waals surface area contributed by atoms with Crippen LogP contribution in [0.15, 0.2) is 45.4 Å². The first-order valence-electron chi connectivity index (χ1n) is 8.57. The van der Waals surface area contributed by atoms with Crippen molar-refractivity contribution in [2.75, 3.05) is 26.2 Å². The maximum atomic E-state index is 12.6. The Kier molecular flexibility index (Phi) is 4.20. The highest BCUT2D eigenvalue weighted by Crippen LogP contribution is 2.18. The summed E-state index contributed by atoms with van der Waals surface area (Å²) in [5, 5.41) is 0. The molecule has 2 amide bonds. The largest absolute Gasteiger partial charge is 0.459 e. The second kappa shape index (κ2) is 6.67. The lowest BCUT2D eigenvalue weighted by molar-refractivity contribution is -0.131. The van der Waals surface area contributed by atoms with Gasteiger partial charge in [-0.3, -0.25) is 9.59 Å². The molecular formula is C19H19N3O4. The van der Waals surface area contributed by atoms with Gasteiger partial charge >= 0.3 is 0 Å². The van der Waals surface area contributed by atoms with Crippen LogP contribution < -0.4 is 0 Å². The van der Waals surface area contributed by atoms with Crippen LogP contribution in [0.2, 0.25) is 0 Å². The van der Waals surface area contributed by atoms with Gasteiger partial charge in [0.05, 0.1) is 12.7 Å². The lowest BCUT2D eigenvalue weighted by Crippen LogP contribution is -2.50. The third kappa shape index (κ3) is 3.20. The summed E-state index contributed by atoms with van der Waals surface area (Å²) in [4.78, 5) is 32.7. The van der Waals surface area contributed by atoms with E-state index in [1.54, 1.807) is 28.9 Å². The van der Waals surface area contributed by atoms with Gasteiger partial charge in [0.15, 0.2) is 17.2 Å². The average Bonchev–Trinajstić information content (AvgIpc) is 3.29. The maximum absolute atomic E-state index is 12.6. The third-order valence-electron chi connectivity index (χ3n) is 4.57. The highest BCUT2D eigenvalue weighted by molar-refractivity contribution is 5.91. The molecule has 4 rings (SSSR count). The number of hydrogen-bond acceptors (Lipinski definition) is 5. The summed E-state index contributed by atoms with van der Waals surface area (Å²) in [7, 11) is 0. The van der Waals surface area contributed by atoms with Gasteiger partial charge in [0.1, 0.15) is 5.52 Å². The van der Waals surface area contributed by atoms with E-state index in [-0.39, 0.29) is 11.8 Å². The fraction of sp³-hybridized carbons (Fsp3) is 0.316. The highest BCUT2D eigenvalue weighted by atomic mass is 16.3. The number of fused-ring (bicyclic) bond motifs is 1. The number of carbonyl (C=O) groups excluding carboxylic acids is 2. The van der Waals surface area contributed by atoms with Gasteiger partial charge in [-0.1, -0.05) is 6.07 Å². The lowest BCUT2D eigenvalue weighted by Gasteiger charge is -2.34. The molecule has 0 atom stereocenters. The van der Waals surface area contributed by atoms with Crippen molar-refractivity contribution < 1.29 is 18.4 Å². The number of nitrogens with zero attached hydrogens (tertiary/aromatic N) is 3. The molecule has 7 heteroatoms. The van der Waals surface area contributed by atoms with E-state index in [0.29, 0.717) is 44.3 Å². The normalized spacial score (nSPS) is 14.8. The van der Waals surface area contributed by atoms with Gasteiger partial charge in [-0.15, -0.1) is 0 Å². The minimum atomic E-state index is -0.131. The van der Waals surface area contributed by atoms with E-state index in [2.05, 4.69) is 4.98 Å². The first-order chi connectivity index (χ1) is 12.6. The lowest BCUT2D eigenvalue weighted by atomic mass is 10.1. The molecule has 1 aliphatic heterocycles. The van der Waals surface area contributed by atoms with Gasteiger partial charge in [-0.2, -0.15) is 0 Å². The number of aromatic nitrogens is 1. The van der Waals surface area contributed by atoms with Crippen LogP contribution >= 0.6 is 0 Å². The fourth-order valence-electron chi connectivity index (χ4n) is 3.20. The molecule has 1 fully saturated rings. The molecule has 0 saturated carbocycles. The van der Waals surface area contributed by atoms with Gasteiger partial charge in [0, 0.05) is 33.1 Å². The molecular weight excluding hydrogens is 334 g/mol. The number of rotatable bonds is 3. The van der Waals surface area contributed by atoms with Crippen molar-refractivity contribution in [2.24, 2.45) is 0 Å². The van der Waals surface area contributed by atoms with Crippen molar-refractivity contribution in [1.29, 1.82) is 0 Å². The minimum Gasteiger partial charge on any atom is -0.459 e. The first kappa shape index (κ1) is 16.4. The van der Waals surface area contributed by atoms with Crippen LogP contribution in [0.25, 0.3) is 11.1 Å². The number of oxazole rings is 1. The van der Waals surface area contributed by atoms with E-state index in [0.717, 1.165) is 16.7 Å². The van der Waals surface area contributed by atoms with E-state index in [1.807, 2.05) is 18.2 Å². The zero-order chi connectivity index (χ0) is 18.1. The summed E-state index contributed by atoms with van der Waals surface area (Å²) in [5.74, 6) is 0.866. The Morgan fingerprint density at radius 1 is 1.12 bits per heavy atom. The summed E-state index contributed by atoms with van der Waals surface area (Å²) < 4.78 is 10.6. The Morgan fingerprint density at radius 2 is 1.88 bits per heavy atom. The van der Waals surface area contributed by atoms with Gasteiger partial charge in [-0.25, -0.2) is 4.98 Å². The third-order valence-corrected chi connectivity index (χ3v) is 4.57. The van der Waals surface area contributed by atoms with Crippen LogP contribution in [-0.4, -0.2) is 52.8 Å². The summed E-state index contributed by atoms with van der Waals surface area (Å²) in [5.41, 5.74) is 2.40. The molecule has 0 bridgehead atoms. The molecule has 0 unspecified atom stereocenters. The Morgan fingerprint density at radius 3 is 2.62 bits per heavy atom. The summed E-state index contributed by atoms with van der Waals surface area (Å²) in [6, 6.07) is 8.97. The second-order valence-electron chi connectivity index (χ2n) is 6.36. The predicted octanol–water partition coefficient (Wildman–Crippen LogP) is 2.26. The topological polar surface area (TPSA) is 79.8 Å². The van der Waals surface area contributed by atoms with Gasteiger partial charge in [-0.05, 0) is 29.8 Å². The number of aryl methyl sites for hydroxylation is 1. The number of hydrogen-bond donors (Lipinski definition) is 0. The van der Waals surface area contributed by atoms with Crippen LogP contribution in [0.5, 0.6) is 0 Å². The van der Waals surface area contributed by atoms with E-state index >= 15 is 0 Å². The Labute approximate surface area is 150 Å². The monoisotopic (exact) mass is 353 g/mol. The molecule has 1 aliphatic rings. The number of furan rings is 1. The van der Waals surface area contributed by atoms with Crippen LogP contribution in [0.3, 0.4) is 0 Å². The molecule has 0 N–H and O–H groups in total. The molecule has 2 aromatic heterocycles. The number of amides is 2. The molecule has 3 aromatic rings. The molecule has 0 aliphatic carbocycles. The predicted molar refractivity (Wildman–Crippen MR) is 93.6 cm³/mol. The van der Waals surface area contributed by atoms with Crippen molar-refractivity contribution in [3.05, 3.63) is 53.8 Å². The van der Waals surface area contributed by atoms with Gasteiger partial charge < -0.3 is 18.6 Å². The van der Waals surface area contributed by atoms with Crippen LogP contribution in [0.4, 0.5) is 0 Å². The number of carbonyl (C=O) groups is 2. The van der Waals surface area contributed by atoms with Gasteiger partial charge in [0.2, 0.25) is 5.91 Å². The maximum Gasteiger partial charge on any atom is 0.289 e. The molecule has 26 heavy (non-hydrogen) atoms. The summed E-state index contributed by atoms with van der Waals surface area (Å²) in [6.45, 7) is 3.86. The Bertz CT molecular complexity index is 937. The van der Waals surface area contributed by atoms with Crippen LogP contribution in [0.1, 0.15) is 22.0 Å². The minimum absolute atomic E-state index is 0.0506. The van der Waals surface area contributed by atoms with E-state index in [4.69, 9.17) is 8.83 Å². The van der Waals surface area contributed by atoms with E-state index in [1.165, 1.54) is 6.26 Å². The van der Waals surface area contributed by atoms with Crippen LogP contribution in [-0.2, 0) is 11.2 Å². The Hall–Kier alpha value is -3.09. The molecule has 134 valence electrons. The standard InChI is InChI=1S/C19H19N3O4/c1-13-20-15-11-14(4-5-16(15)26-13)12-18(23)21-6-8-22(9-7-21)19(24)17-3-2-10-25-17/h2-5,10-11H,6-9,12H2,1H3. The average molecular weight is 353 g/mol. The molecule has 3 heterocycles. The van der Waals surface area contributed by atoms with Crippen molar-refractivity contribution in [3.63, 3.8) is 0 Å². The molecule has 0 radical (unpaired) electrons. The van der Waals surface area contributed by atoms with Crippen molar-refractivity contribution in [2.45, 2.75) is 13.3 Å². The molecule has 0 spiro atoms. The number of piperazine rings is 1. The van der Waals surface area contributed by atoms with E-state index < -0.39 is 0 Å². The second-order valence-corrected chi connectivity index (χ2v) is 6.36. The van der Waals surface area contributed by atoms with Crippen molar-refractivity contribution >= 4 is 22.9 Å². The van der Waals surface area contributed by atoms with E-state index in [9.17, 15) is 9.59 Å². The first-order valence-corrected chi connectivity index (χ1v) is 8.57. The van der Waals surface area contributed by atoms with Crippen LogP contribution in [0, 0.1) is 6.92 Å². The molecule has 7 nitrogen and oxygen atoms in total. The summed E-state index contributed by atoms with van der Waals surface area (Å²) in [6.07, 6.45) is 1.80. The highest BCUT2D eigenvalue weighted by Gasteiger charge is 2.26. The molecule has 1 saturated heterocycles. The van der Waals surface area contributed by atoms with Gasteiger partial charge in [0.25, 0.3) is 5.91 Å². The fourth-order valence-corrected chi connectivity index (χ4v) is 3.20. The quantitative estimate of drug-likeness (QED) is 0.721.